The molecule has 3 aromatic rings. The number of carbonyl (C=O) groups excluding carboxylic acids is 3. The molecule has 33 heavy (non-hydrogen) atoms. The van der Waals surface area contributed by atoms with Crippen molar-refractivity contribution in [3.63, 3.8) is 0 Å². The normalized spacial score (nSPS) is 15.5. The molecule has 2 aromatic carbocycles. The van der Waals surface area contributed by atoms with E-state index in [-0.39, 0.29) is 28.9 Å². The second kappa shape index (κ2) is 9.11. The predicted molar refractivity (Wildman–Crippen MR) is 118 cm³/mol. The van der Waals surface area contributed by atoms with E-state index in [0.29, 0.717) is 42.8 Å². The van der Waals surface area contributed by atoms with Gasteiger partial charge in [0.15, 0.2) is 23.2 Å². The summed E-state index contributed by atoms with van der Waals surface area (Å²) in [6, 6.07) is 9.62. The molecular formula is C24H23F2N3O4. The highest BCUT2D eigenvalue weighted by Crippen LogP contribution is 2.31. The molecule has 0 saturated carbocycles. The Bertz CT molecular complexity index is 1230. The van der Waals surface area contributed by atoms with Crippen LogP contribution in [-0.2, 0) is 4.79 Å². The van der Waals surface area contributed by atoms with Crippen LogP contribution in [0.2, 0.25) is 0 Å². The Hall–Kier alpha value is -3.59. The molecule has 1 saturated heterocycles. The van der Waals surface area contributed by atoms with Gasteiger partial charge < -0.3 is 14.6 Å². The van der Waals surface area contributed by atoms with Crippen LogP contribution in [0.15, 0.2) is 46.9 Å². The molecule has 172 valence electrons. The van der Waals surface area contributed by atoms with Crippen molar-refractivity contribution in [2.24, 2.45) is 0 Å². The molecule has 9 heteroatoms. The number of nitrogens with zero attached hydrogens (tertiary/aromatic N) is 2. The number of halogens is 2. The smallest absolute Gasteiger partial charge is 0.254 e. The average molecular weight is 455 g/mol. The van der Waals surface area contributed by atoms with Crippen LogP contribution in [-0.4, -0.2) is 59.6 Å². The number of carbonyl (C=O) groups is 3. The summed E-state index contributed by atoms with van der Waals surface area (Å²) < 4.78 is 32.2. The number of para-hydroxylation sites is 1. The van der Waals surface area contributed by atoms with Crippen LogP contribution in [0, 0.1) is 11.6 Å². The van der Waals surface area contributed by atoms with Gasteiger partial charge in [-0.3, -0.25) is 19.3 Å². The van der Waals surface area contributed by atoms with Gasteiger partial charge in [-0.2, -0.15) is 0 Å². The van der Waals surface area contributed by atoms with E-state index >= 15 is 0 Å². The molecular weight excluding hydrogens is 432 g/mol. The molecule has 4 rings (SSSR count). The number of benzene rings is 2. The molecule has 0 spiro atoms. The maximum absolute atomic E-state index is 13.5. The van der Waals surface area contributed by atoms with E-state index < -0.39 is 17.7 Å². The third kappa shape index (κ3) is 4.49. The van der Waals surface area contributed by atoms with Crippen LogP contribution in [0.5, 0.6) is 0 Å². The Kier molecular flexibility index (Phi) is 6.24. The molecule has 1 fully saturated rings. The summed E-state index contributed by atoms with van der Waals surface area (Å²) in [5, 5.41) is 3.47. The van der Waals surface area contributed by atoms with Gasteiger partial charge in [0, 0.05) is 44.1 Å². The first-order valence-corrected chi connectivity index (χ1v) is 10.6. The van der Waals surface area contributed by atoms with Gasteiger partial charge in [-0.05, 0) is 37.3 Å². The van der Waals surface area contributed by atoms with Crippen LogP contribution in [0.25, 0.3) is 11.0 Å². The van der Waals surface area contributed by atoms with Crippen molar-refractivity contribution in [1.29, 1.82) is 0 Å². The molecule has 1 aliphatic rings. The number of nitrogens with one attached hydrogen (secondary N) is 1. The number of hydrogen-bond acceptors (Lipinski definition) is 5. The fraction of sp³-hybridized carbons (Fsp3) is 0.292. The highest BCUT2D eigenvalue weighted by molar-refractivity contribution is 6.11. The summed E-state index contributed by atoms with van der Waals surface area (Å²) >= 11 is 0. The number of Topliss-reactive ketones (excluding diaryl/α,β-unsaturated/α-hetero) is 1. The molecule has 0 aliphatic carbocycles. The predicted octanol–water partition coefficient (Wildman–Crippen LogP) is 3.70. The number of amides is 2. The molecule has 1 unspecified atom stereocenters. The largest absolute Gasteiger partial charge is 0.451 e. The second-order valence-corrected chi connectivity index (χ2v) is 7.98. The SMILES string of the molecule is CC(=O)c1oc2ccccc2c1NC(=O)C(C)N1CCN(C(=O)c2ccc(F)c(F)c2)CC1. The first-order chi connectivity index (χ1) is 15.8. The van der Waals surface area contributed by atoms with Crippen molar-refractivity contribution in [3.8, 4) is 0 Å². The maximum atomic E-state index is 13.5. The van der Waals surface area contributed by atoms with Gasteiger partial charge >= 0.3 is 0 Å². The number of fused-ring (bicyclic) bond motifs is 1. The number of piperazine rings is 1. The van der Waals surface area contributed by atoms with Crippen LogP contribution >= 0.6 is 0 Å². The zero-order chi connectivity index (χ0) is 23.7. The Morgan fingerprint density at radius 2 is 1.70 bits per heavy atom. The van der Waals surface area contributed by atoms with Gasteiger partial charge in [-0.15, -0.1) is 0 Å². The van der Waals surface area contributed by atoms with Crippen molar-refractivity contribution in [2.75, 3.05) is 31.5 Å². The lowest BCUT2D eigenvalue weighted by molar-refractivity contribution is -0.121. The lowest BCUT2D eigenvalue weighted by atomic mass is 10.1. The molecule has 7 nitrogen and oxygen atoms in total. The number of rotatable bonds is 5. The van der Waals surface area contributed by atoms with E-state index in [0.717, 1.165) is 12.1 Å². The lowest BCUT2D eigenvalue weighted by Crippen LogP contribution is -2.54. The van der Waals surface area contributed by atoms with E-state index in [1.54, 1.807) is 36.1 Å². The van der Waals surface area contributed by atoms with Gasteiger partial charge in [0.05, 0.1) is 11.7 Å². The number of ketones is 1. The Labute approximate surface area is 188 Å². The van der Waals surface area contributed by atoms with Gasteiger partial charge in [-0.1, -0.05) is 12.1 Å². The fourth-order valence-corrected chi connectivity index (χ4v) is 3.93. The van der Waals surface area contributed by atoms with Crippen LogP contribution in [0.3, 0.4) is 0 Å². The molecule has 1 aliphatic heterocycles. The number of furan rings is 1. The minimum atomic E-state index is -1.07. The molecule has 0 radical (unpaired) electrons. The van der Waals surface area contributed by atoms with Crippen LogP contribution in [0.4, 0.5) is 14.5 Å². The van der Waals surface area contributed by atoms with Crippen molar-refractivity contribution >= 4 is 34.3 Å². The molecule has 0 bridgehead atoms. The minimum Gasteiger partial charge on any atom is -0.451 e. The molecule has 1 aromatic heterocycles. The van der Waals surface area contributed by atoms with Crippen molar-refractivity contribution in [1.82, 2.24) is 9.80 Å². The van der Waals surface area contributed by atoms with Gasteiger partial charge in [0.25, 0.3) is 5.91 Å². The summed E-state index contributed by atoms with van der Waals surface area (Å²) in [5.41, 5.74) is 0.939. The first kappa shape index (κ1) is 22.6. The van der Waals surface area contributed by atoms with E-state index in [2.05, 4.69) is 5.32 Å². The van der Waals surface area contributed by atoms with E-state index in [1.165, 1.54) is 13.0 Å². The highest BCUT2D eigenvalue weighted by Gasteiger charge is 2.29. The molecule has 2 heterocycles. The maximum Gasteiger partial charge on any atom is 0.254 e. The minimum absolute atomic E-state index is 0.0803. The molecule has 1 atom stereocenters. The number of anilines is 1. The molecule has 1 N–H and O–H groups in total. The van der Waals surface area contributed by atoms with E-state index in [1.807, 2.05) is 4.90 Å². The quantitative estimate of drug-likeness (QED) is 0.594. The lowest BCUT2D eigenvalue weighted by Gasteiger charge is -2.37. The summed E-state index contributed by atoms with van der Waals surface area (Å²) in [6.07, 6.45) is 0. The summed E-state index contributed by atoms with van der Waals surface area (Å²) in [4.78, 5) is 41.1. The van der Waals surface area contributed by atoms with Gasteiger partial charge in [0.2, 0.25) is 5.91 Å². The first-order valence-electron chi connectivity index (χ1n) is 10.6. The summed E-state index contributed by atoms with van der Waals surface area (Å²) in [5.74, 6) is -2.96. The standard InChI is InChI=1S/C24H23F2N3O4/c1-14(23(31)27-21-17-5-3-4-6-20(17)33-22(21)15(2)30)28-9-11-29(12-10-28)24(32)16-7-8-18(25)19(26)13-16/h3-8,13-14H,9-12H2,1-2H3,(H,27,31). The fourth-order valence-electron chi connectivity index (χ4n) is 3.93. The van der Waals surface area contributed by atoms with Crippen LogP contribution in [0.1, 0.15) is 34.8 Å². The van der Waals surface area contributed by atoms with Crippen molar-refractivity contribution in [3.05, 3.63) is 65.4 Å². The summed E-state index contributed by atoms with van der Waals surface area (Å²) in [7, 11) is 0. The van der Waals surface area contributed by atoms with E-state index in [9.17, 15) is 23.2 Å². The van der Waals surface area contributed by atoms with Crippen molar-refractivity contribution in [2.45, 2.75) is 19.9 Å². The monoisotopic (exact) mass is 455 g/mol. The van der Waals surface area contributed by atoms with Crippen molar-refractivity contribution < 1.29 is 27.6 Å². The Balaban J connectivity index is 1.41. The Morgan fingerprint density at radius 3 is 2.36 bits per heavy atom. The molecule has 2 amide bonds. The van der Waals surface area contributed by atoms with E-state index in [4.69, 9.17) is 4.42 Å². The highest BCUT2D eigenvalue weighted by atomic mass is 19.2. The van der Waals surface area contributed by atoms with Crippen LogP contribution < -0.4 is 5.32 Å². The second-order valence-electron chi connectivity index (χ2n) is 7.98. The zero-order valence-electron chi connectivity index (χ0n) is 18.2. The average Bonchev–Trinajstić information content (AvgIpc) is 3.18. The third-order valence-corrected chi connectivity index (χ3v) is 5.86. The third-order valence-electron chi connectivity index (χ3n) is 5.86. The Morgan fingerprint density at radius 1 is 1.00 bits per heavy atom. The van der Waals surface area contributed by atoms with Gasteiger partial charge in [-0.25, -0.2) is 8.78 Å². The summed E-state index contributed by atoms with van der Waals surface area (Å²) in [6.45, 7) is 4.65. The number of hydrogen-bond donors (Lipinski definition) is 1. The van der Waals surface area contributed by atoms with Gasteiger partial charge in [0.1, 0.15) is 5.58 Å². The zero-order valence-corrected chi connectivity index (χ0v) is 18.2. The topological polar surface area (TPSA) is 82.9 Å².